The van der Waals surface area contributed by atoms with Crippen LogP contribution in [0.25, 0.3) is 0 Å². The van der Waals surface area contributed by atoms with Crippen molar-refractivity contribution in [1.82, 2.24) is 0 Å². The van der Waals surface area contributed by atoms with Crippen molar-refractivity contribution >= 4 is 5.78 Å². The fraction of sp³-hybridized carbons (Fsp3) is 0.944. The largest absolute Gasteiger partial charge is 0.381 e. The Kier molecular flexibility index (Phi) is 3.94. The molecule has 4 atom stereocenters. The van der Waals surface area contributed by atoms with E-state index in [0.29, 0.717) is 31.5 Å². The van der Waals surface area contributed by atoms with Crippen molar-refractivity contribution in [3.63, 3.8) is 0 Å². The van der Waals surface area contributed by atoms with Gasteiger partial charge in [-0.1, -0.05) is 27.7 Å². The molecule has 3 rings (SSSR count). The summed E-state index contributed by atoms with van der Waals surface area (Å²) in [6, 6.07) is 0. The molecule has 0 aromatic carbocycles. The maximum atomic E-state index is 12.7. The molecule has 2 saturated carbocycles. The van der Waals surface area contributed by atoms with Gasteiger partial charge in [0.2, 0.25) is 0 Å². The van der Waals surface area contributed by atoms with Crippen LogP contribution in [0.4, 0.5) is 0 Å². The maximum Gasteiger partial charge on any atom is 0.174 e. The predicted octanol–water partition coefficient (Wildman–Crippen LogP) is 2.92. The van der Waals surface area contributed by atoms with E-state index in [4.69, 9.17) is 9.47 Å². The Morgan fingerprint density at radius 2 is 1.91 bits per heavy atom. The summed E-state index contributed by atoms with van der Waals surface area (Å²) in [4.78, 5) is 12.7. The molecule has 4 nitrogen and oxygen atoms in total. The number of carbonyl (C=O) groups excluding carboxylic acids is 1. The minimum absolute atomic E-state index is 0.00646. The van der Waals surface area contributed by atoms with Crippen molar-refractivity contribution < 1.29 is 19.4 Å². The van der Waals surface area contributed by atoms with E-state index < -0.39 is 11.4 Å². The standard InChI is InChI=1S/C18H30O4/c1-12(2)5-8-17(21-9-10-22-17)13(3)18(20)15(19)11-14-6-7-16(14,18)4/h12-14,20H,5-11H2,1-4H3/t13-,14+,16-,18+/m0/s1. The van der Waals surface area contributed by atoms with Gasteiger partial charge in [0, 0.05) is 24.2 Å². The highest BCUT2D eigenvalue weighted by atomic mass is 16.7. The molecule has 0 amide bonds. The molecule has 1 saturated heterocycles. The molecule has 126 valence electrons. The summed E-state index contributed by atoms with van der Waals surface area (Å²) in [6.07, 6.45) is 4.19. The van der Waals surface area contributed by atoms with Crippen LogP contribution in [0.3, 0.4) is 0 Å². The minimum atomic E-state index is -1.31. The van der Waals surface area contributed by atoms with Gasteiger partial charge in [-0.15, -0.1) is 0 Å². The van der Waals surface area contributed by atoms with Gasteiger partial charge in [-0.25, -0.2) is 0 Å². The van der Waals surface area contributed by atoms with Crippen LogP contribution in [0, 0.1) is 23.2 Å². The van der Waals surface area contributed by atoms with Crippen LogP contribution in [0.2, 0.25) is 0 Å². The SMILES string of the molecule is CC(C)CCC1([C@H](C)[C@@]2(O)C(=O)C[C@H]3CC[C@@]32C)OCCO1. The number of rotatable bonds is 5. The van der Waals surface area contributed by atoms with Crippen molar-refractivity contribution in [3.8, 4) is 0 Å². The van der Waals surface area contributed by atoms with Crippen molar-refractivity contribution in [2.75, 3.05) is 13.2 Å². The highest BCUT2D eigenvalue weighted by Gasteiger charge is 2.71. The van der Waals surface area contributed by atoms with Gasteiger partial charge < -0.3 is 14.6 Å². The first kappa shape index (κ1) is 16.4. The van der Waals surface area contributed by atoms with Gasteiger partial charge in [-0.3, -0.25) is 4.79 Å². The number of aliphatic hydroxyl groups is 1. The molecule has 0 unspecified atom stereocenters. The van der Waals surface area contributed by atoms with E-state index in [0.717, 1.165) is 25.7 Å². The van der Waals surface area contributed by atoms with Gasteiger partial charge in [0.25, 0.3) is 0 Å². The second kappa shape index (κ2) is 5.29. The van der Waals surface area contributed by atoms with Gasteiger partial charge in [0.15, 0.2) is 11.6 Å². The van der Waals surface area contributed by atoms with Gasteiger partial charge in [0.05, 0.1) is 13.2 Å². The van der Waals surface area contributed by atoms with E-state index in [1.165, 1.54) is 0 Å². The Hall–Kier alpha value is -0.450. The molecule has 0 bridgehead atoms. The van der Waals surface area contributed by atoms with Crippen LogP contribution in [0.15, 0.2) is 0 Å². The molecule has 0 spiro atoms. The fourth-order valence-electron chi connectivity index (χ4n) is 4.93. The maximum absolute atomic E-state index is 12.7. The molecule has 0 aromatic heterocycles. The molecule has 2 aliphatic carbocycles. The first-order valence-electron chi connectivity index (χ1n) is 8.80. The zero-order chi connectivity index (χ0) is 16.2. The van der Waals surface area contributed by atoms with Crippen LogP contribution in [0.5, 0.6) is 0 Å². The Morgan fingerprint density at radius 3 is 2.36 bits per heavy atom. The number of carbonyl (C=O) groups is 1. The average Bonchev–Trinajstić information content (AvgIpc) is 3.00. The van der Waals surface area contributed by atoms with Gasteiger partial charge in [-0.2, -0.15) is 0 Å². The summed E-state index contributed by atoms with van der Waals surface area (Å²) in [6.45, 7) is 9.47. The molecular formula is C18H30O4. The molecule has 3 fully saturated rings. The van der Waals surface area contributed by atoms with E-state index in [2.05, 4.69) is 20.8 Å². The van der Waals surface area contributed by atoms with Crippen LogP contribution in [-0.2, 0) is 14.3 Å². The third-order valence-electron chi connectivity index (χ3n) is 6.77. The molecule has 1 heterocycles. The number of hydrogen-bond acceptors (Lipinski definition) is 4. The van der Waals surface area contributed by atoms with Gasteiger partial charge >= 0.3 is 0 Å². The van der Waals surface area contributed by atoms with Crippen molar-refractivity contribution in [1.29, 1.82) is 0 Å². The van der Waals surface area contributed by atoms with Crippen molar-refractivity contribution in [3.05, 3.63) is 0 Å². The number of fused-ring (bicyclic) bond motifs is 1. The van der Waals surface area contributed by atoms with Crippen molar-refractivity contribution in [2.45, 2.75) is 71.2 Å². The molecule has 0 radical (unpaired) electrons. The van der Waals surface area contributed by atoms with Crippen LogP contribution in [-0.4, -0.2) is 35.5 Å². The van der Waals surface area contributed by atoms with Crippen molar-refractivity contribution in [2.24, 2.45) is 23.2 Å². The summed E-state index contributed by atoms with van der Waals surface area (Å²) in [5, 5.41) is 11.5. The minimum Gasteiger partial charge on any atom is -0.381 e. The van der Waals surface area contributed by atoms with Crippen LogP contribution in [0.1, 0.15) is 59.8 Å². The quantitative estimate of drug-likeness (QED) is 0.848. The lowest BCUT2D eigenvalue weighted by Crippen LogP contribution is -2.63. The second-order valence-corrected chi connectivity index (χ2v) is 8.21. The summed E-state index contributed by atoms with van der Waals surface area (Å²) < 4.78 is 12.0. The summed E-state index contributed by atoms with van der Waals surface area (Å²) in [7, 11) is 0. The lowest BCUT2D eigenvalue weighted by atomic mass is 9.54. The lowest BCUT2D eigenvalue weighted by molar-refractivity contribution is -0.260. The lowest BCUT2D eigenvalue weighted by Gasteiger charge is -2.54. The Labute approximate surface area is 133 Å². The van der Waals surface area contributed by atoms with E-state index in [1.54, 1.807) is 0 Å². The Balaban J connectivity index is 1.89. The first-order chi connectivity index (χ1) is 10.3. The molecule has 4 heteroatoms. The Bertz CT molecular complexity index is 454. The predicted molar refractivity (Wildman–Crippen MR) is 83.3 cm³/mol. The third-order valence-corrected chi connectivity index (χ3v) is 6.77. The van der Waals surface area contributed by atoms with E-state index in [1.807, 2.05) is 6.92 Å². The van der Waals surface area contributed by atoms with E-state index in [9.17, 15) is 9.90 Å². The normalized spacial score (nSPS) is 41.5. The molecule has 0 aromatic rings. The number of hydrogen-bond donors (Lipinski definition) is 1. The highest BCUT2D eigenvalue weighted by molar-refractivity contribution is 5.92. The zero-order valence-electron chi connectivity index (χ0n) is 14.4. The first-order valence-corrected chi connectivity index (χ1v) is 8.80. The highest BCUT2D eigenvalue weighted by Crippen LogP contribution is 2.64. The molecule has 22 heavy (non-hydrogen) atoms. The van der Waals surface area contributed by atoms with Gasteiger partial charge in [-0.05, 0) is 31.1 Å². The molecule has 1 aliphatic heterocycles. The summed E-state index contributed by atoms with van der Waals surface area (Å²) in [5.41, 5.74) is -1.61. The molecular weight excluding hydrogens is 280 g/mol. The van der Waals surface area contributed by atoms with Gasteiger partial charge in [0.1, 0.15) is 5.60 Å². The Morgan fingerprint density at radius 1 is 1.27 bits per heavy atom. The summed E-state index contributed by atoms with van der Waals surface area (Å²) in [5.74, 6) is -0.270. The second-order valence-electron chi connectivity index (χ2n) is 8.21. The number of ketones is 1. The summed E-state index contributed by atoms with van der Waals surface area (Å²) >= 11 is 0. The van der Waals surface area contributed by atoms with E-state index in [-0.39, 0.29) is 17.1 Å². The molecule has 1 N–H and O–H groups in total. The average molecular weight is 310 g/mol. The zero-order valence-corrected chi connectivity index (χ0v) is 14.4. The topological polar surface area (TPSA) is 55.8 Å². The number of ether oxygens (including phenoxy) is 2. The van der Waals surface area contributed by atoms with Crippen LogP contribution >= 0.6 is 0 Å². The van der Waals surface area contributed by atoms with E-state index >= 15 is 0 Å². The third kappa shape index (κ3) is 2.03. The number of Topliss-reactive ketones (excluding diaryl/α,β-unsaturated/α-hetero) is 1. The fourth-order valence-corrected chi connectivity index (χ4v) is 4.93. The monoisotopic (exact) mass is 310 g/mol. The molecule has 3 aliphatic rings. The van der Waals surface area contributed by atoms with Crippen LogP contribution < -0.4 is 0 Å². The smallest absolute Gasteiger partial charge is 0.174 e.